The van der Waals surface area contributed by atoms with E-state index < -0.39 is 11.5 Å². The van der Waals surface area contributed by atoms with Crippen molar-refractivity contribution in [2.45, 2.75) is 38.3 Å². The molecule has 1 aromatic heterocycles. The van der Waals surface area contributed by atoms with Crippen molar-refractivity contribution >= 4 is 16.9 Å². The van der Waals surface area contributed by atoms with Crippen LogP contribution in [0.15, 0.2) is 36.5 Å². The van der Waals surface area contributed by atoms with E-state index in [1.165, 1.54) is 0 Å². The molecule has 0 radical (unpaired) electrons. The number of pyridine rings is 1. The van der Waals surface area contributed by atoms with Gasteiger partial charge in [0.25, 0.3) is 0 Å². The van der Waals surface area contributed by atoms with E-state index >= 15 is 0 Å². The van der Waals surface area contributed by atoms with E-state index in [9.17, 15) is 9.90 Å². The molecule has 4 nitrogen and oxygen atoms in total. The summed E-state index contributed by atoms with van der Waals surface area (Å²) < 4.78 is 0. The van der Waals surface area contributed by atoms with E-state index in [4.69, 9.17) is 0 Å². The Morgan fingerprint density at radius 3 is 3.05 bits per heavy atom. The highest BCUT2D eigenvalue weighted by molar-refractivity contribution is 5.80. The van der Waals surface area contributed by atoms with Gasteiger partial charge in [0.15, 0.2) is 0 Å². The summed E-state index contributed by atoms with van der Waals surface area (Å²) >= 11 is 0. The number of carboxylic acid groups (broad SMARTS) is 1. The van der Waals surface area contributed by atoms with Crippen LogP contribution in [0.4, 0.5) is 0 Å². The van der Waals surface area contributed by atoms with E-state index in [1.54, 1.807) is 6.20 Å². The van der Waals surface area contributed by atoms with Gasteiger partial charge in [-0.3, -0.25) is 14.7 Å². The molecule has 2 heterocycles. The van der Waals surface area contributed by atoms with E-state index in [0.717, 1.165) is 35.9 Å². The van der Waals surface area contributed by atoms with Crippen LogP contribution >= 0.6 is 0 Å². The summed E-state index contributed by atoms with van der Waals surface area (Å²) in [6, 6.07) is 10.1. The molecular weight excluding hydrogens is 264 g/mol. The monoisotopic (exact) mass is 284 g/mol. The van der Waals surface area contributed by atoms with Crippen LogP contribution in [0.1, 0.15) is 31.7 Å². The predicted octanol–water partition coefficient (Wildman–Crippen LogP) is 3.06. The number of likely N-dealkylation sites (tertiary alicyclic amines) is 1. The molecule has 0 amide bonds. The smallest absolute Gasteiger partial charge is 0.324 e. The van der Waals surface area contributed by atoms with Gasteiger partial charge in [0, 0.05) is 18.1 Å². The van der Waals surface area contributed by atoms with Crippen LogP contribution in [-0.2, 0) is 11.3 Å². The third kappa shape index (κ3) is 2.40. The number of benzene rings is 1. The van der Waals surface area contributed by atoms with Crippen molar-refractivity contribution in [3.05, 3.63) is 42.1 Å². The molecule has 1 saturated heterocycles. The Morgan fingerprint density at radius 1 is 1.43 bits per heavy atom. The highest BCUT2D eigenvalue weighted by atomic mass is 16.4. The Labute approximate surface area is 124 Å². The second-order valence-corrected chi connectivity index (χ2v) is 5.75. The fourth-order valence-electron chi connectivity index (χ4n) is 3.40. The molecule has 3 rings (SSSR count). The van der Waals surface area contributed by atoms with Crippen molar-refractivity contribution in [2.75, 3.05) is 6.54 Å². The summed E-state index contributed by atoms with van der Waals surface area (Å²) in [5.41, 5.74) is 1.43. The van der Waals surface area contributed by atoms with Crippen LogP contribution < -0.4 is 0 Å². The second-order valence-electron chi connectivity index (χ2n) is 5.75. The summed E-state index contributed by atoms with van der Waals surface area (Å²) in [5, 5.41) is 10.7. The minimum Gasteiger partial charge on any atom is -0.480 e. The summed E-state index contributed by atoms with van der Waals surface area (Å²) in [6.07, 6.45) is 4.13. The van der Waals surface area contributed by atoms with Crippen molar-refractivity contribution in [3.63, 3.8) is 0 Å². The lowest BCUT2D eigenvalue weighted by Crippen LogP contribution is -2.49. The van der Waals surface area contributed by atoms with Gasteiger partial charge in [0.05, 0.1) is 5.52 Å². The Kier molecular flexibility index (Phi) is 3.64. The maximum Gasteiger partial charge on any atom is 0.324 e. The highest BCUT2D eigenvalue weighted by Gasteiger charge is 2.45. The molecule has 0 spiro atoms. The van der Waals surface area contributed by atoms with Crippen LogP contribution in [0, 0.1) is 0 Å². The number of nitrogens with zero attached hydrogens (tertiary/aromatic N) is 2. The van der Waals surface area contributed by atoms with Crippen LogP contribution in [0.3, 0.4) is 0 Å². The highest BCUT2D eigenvalue weighted by Crippen LogP contribution is 2.34. The van der Waals surface area contributed by atoms with Gasteiger partial charge in [-0.2, -0.15) is 0 Å². The Bertz CT molecular complexity index is 671. The normalized spacial score (nSPS) is 22.7. The van der Waals surface area contributed by atoms with E-state index in [1.807, 2.05) is 25.1 Å². The van der Waals surface area contributed by atoms with Gasteiger partial charge in [-0.05, 0) is 49.6 Å². The van der Waals surface area contributed by atoms with Crippen LogP contribution in [0.5, 0.6) is 0 Å². The number of hydrogen-bond acceptors (Lipinski definition) is 3. The largest absolute Gasteiger partial charge is 0.480 e. The first kappa shape index (κ1) is 14.0. The topological polar surface area (TPSA) is 53.4 Å². The molecule has 1 aliphatic heterocycles. The number of rotatable bonds is 4. The van der Waals surface area contributed by atoms with Crippen molar-refractivity contribution in [1.82, 2.24) is 9.88 Å². The maximum absolute atomic E-state index is 11.7. The Morgan fingerprint density at radius 2 is 2.29 bits per heavy atom. The van der Waals surface area contributed by atoms with Gasteiger partial charge < -0.3 is 5.11 Å². The molecule has 1 N–H and O–H groups in total. The van der Waals surface area contributed by atoms with Crippen molar-refractivity contribution in [3.8, 4) is 0 Å². The third-order valence-corrected chi connectivity index (χ3v) is 4.65. The summed E-state index contributed by atoms with van der Waals surface area (Å²) in [5.74, 6) is -0.690. The van der Waals surface area contributed by atoms with Crippen LogP contribution in [0.25, 0.3) is 10.9 Å². The Hall–Kier alpha value is -1.94. The number of carboxylic acids is 1. The molecule has 1 atom stereocenters. The van der Waals surface area contributed by atoms with Gasteiger partial charge in [-0.1, -0.05) is 19.1 Å². The minimum absolute atomic E-state index is 0.650. The first-order valence-corrected chi connectivity index (χ1v) is 7.48. The molecule has 1 aromatic carbocycles. The Balaban J connectivity index is 1.88. The summed E-state index contributed by atoms with van der Waals surface area (Å²) in [6.45, 7) is 3.51. The summed E-state index contributed by atoms with van der Waals surface area (Å²) in [4.78, 5) is 18.2. The van der Waals surface area contributed by atoms with E-state index in [0.29, 0.717) is 13.0 Å². The zero-order valence-electron chi connectivity index (χ0n) is 12.2. The standard InChI is InChI=1S/C17H20N2O2/c1-2-17(16(20)21)8-4-10-19(17)12-13-6-7-15-14(11-13)5-3-9-18-15/h3,5-7,9,11H,2,4,8,10,12H2,1H3,(H,20,21). The molecule has 110 valence electrons. The van der Waals surface area contributed by atoms with Crippen molar-refractivity contribution in [2.24, 2.45) is 0 Å². The zero-order chi connectivity index (χ0) is 14.9. The van der Waals surface area contributed by atoms with Crippen LogP contribution in [0.2, 0.25) is 0 Å². The number of aromatic nitrogens is 1. The molecule has 1 aliphatic rings. The fraction of sp³-hybridized carbons (Fsp3) is 0.412. The van der Waals surface area contributed by atoms with Crippen molar-refractivity contribution < 1.29 is 9.90 Å². The summed E-state index contributed by atoms with van der Waals surface area (Å²) in [7, 11) is 0. The number of fused-ring (bicyclic) bond motifs is 1. The molecule has 21 heavy (non-hydrogen) atoms. The first-order chi connectivity index (χ1) is 10.2. The number of carbonyl (C=O) groups is 1. The quantitative estimate of drug-likeness (QED) is 0.937. The number of aliphatic carboxylic acids is 1. The minimum atomic E-state index is -0.691. The van der Waals surface area contributed by atoms with E-state index in [-0.39, 0.29) is 0 Å². The maximum atomic E-state index is 11.7. The van der Waals surface area contributed by atoms with Crippen LogP contribution in [-0.4, -0.2) is 33.0 Å². The molecule has 0 bridgehead atoms. The van der Waals surface area contributed by atoms with E-state index in [2.05, 4.69) is 22.0 Å². The molecular formula is C17H20N2O2. The molecule has 1 unspecified atom stereocenters. The predicted molar refractivity (Wildman–Crippen MR) is 82.0 cm³/mol. The fourth-order valence-corrected chi connectivity index (χ4v) is 3.40. The van der Waals surface area contributed by atoms with Gasteiger partial charge >= 0.3 is 5.97 Å². The molecule has 0 aliphatic carbocycles. The SMILES string of the molecule is CCC1(C(=O)O)CCCN1Cc1ccc2ncccc2c1. The van der Waals surface area contributed by atoms with Crippen molar-refractivity contribution in [1.29, 1.82) is 0 Å². The first-order valence-electron chi connectivity index (χ1n) is 7.48. The molecule has 0 saturated carbocycles. The lowest BCUT2D eigenvalue weighted by molar-refractivity contribution is -0.150. The third-order valence-electron chi connectivity index (χ3n) is 4.65. The van der Waals surface area contributed by atoms with Gasteiger partial charge in [-0.15, -0.1) is 0 Å². The van der Waals surface area contributed by atoms with Gasteiger partial charge in [0.2, 0.25) is 0 Å². The zero-order valence-corrected chi connectivity index (χ0v) is 12.2. The van der Waals surface area contributed by atoms with Gasteiger partial charge in [-0.25, -0.2) is 0 Å². The molecule has 1 fully saturated rings. The lowest BCUT2D eigenvalue weighted by atomic mass is 9.92. The second kappa shape index (κ2) is 5.45. The average Bonchev–Trinajstić information content (AvgIpc) is 2.91. The lowest BCUT2D eigenvalue weighted by Gasteiger charge is -2.34. The number of hydrogen-bond donors (Lipinski definition) is 1. The molecule has 2 aromatic rings. The van der Waals surface area contributed by atoms with Gasteiger partial charge in [0.1, 0.15) is 5.54 Å². The molecule has 4 heteroatoms. The average molecular weight is 284 g/mol.